The molecule has 0 radical (unpaired) electrons. The number of nitrogens with two attached hydrogens (primary N) is 1. The summed E-state index contributed by atoms with van der Waals surface area (Å²) in [5.74, 6) is -0.0272. The van der Waals surface area contributed by atoms with Crippen molar-refractivity contribution in [2.24, 2.45) is 5.14 Å². The highest BCUT2D eigenvalue weighted by atomic mass is 32.2. The maximum atomic E-state index is 12.2. The summed E-state index contributed by atoms with van der Waals surface area (Å²) in [6.07, 6.45) is 0. The van der Waals surface area contributed by atoms with Crippen LogP contribution in [0, 0.1) is 0 Å². The molecule has 0 heterocycles. The summed E-state index contributed by atoms with van der Waals surface area (Å²) in [5.41, 5.74) is 2.18. The Kier molecular flexibility index (Phi) is 7.64. The van der Waals surface area contributed by atoms with Crippen molar-refractivity contribution in [1.82, 2.24) is 0 Å². The molecule has 0 saturated heterocycles. The standard InChI is InChI=1S/C21H20N4O3S3/c22-31(27,28)19-11-9-16(10-12-19)23-20(26)14-30-18-8-4-7-17(13-18)25-21(29)24-15-5-2-1-3-6-15/h1-13H,14H2,(H,23,26)(H2,22,27,28)(H2,24,25,29). The molecule has 3 aromatic carbocycles. The Morgan fingerprint density at radius 3 is 2.13 bits per heavy atom. The number of hydrogen-bond donors (Lipinski definition) is 4. The van der Waals surface area contributed by atoms with Gasteiger partial charge in [0.1, 0.15) is 0 Å². The number of nitrogens with one attached hydrogen (secondary N) is 3. The van der Waals surface area contributed by atoms with Gasteiger partial charge in [-0.25, -0.2) is 13.6 Å². The number of para-hydroxylation sites is 1. The highest BCUT2D eigenvalue weighted by Crippen LogP contribution is 2.22. The van der Waals surface area contributed by atoms with Gasteiger partial charge in [-0.1, -0.05) is 24.3 Å². The Morgan fingerprint density at radius 2 is 1.45 bits per heavy atom. The molecule has 0 aliphatic heterocycles. The molecule has 0 saturated carbocycles. The van der Waals surface area contributed by atoms with Crippen molar-refractivity contribution in [3.63, 3.8) is 0 Å². The van der Waals surface area contributed by atoms with Gasteiger partial charge in [-0.3, -0.25) is 4.79 Å². The Labute approximate surface area is 190 Å². The molecule has 0 spiro atoms. The molecule has 31 heavy (non-hydrogen) atoms. The van der Waals surface area contributed by atoms with Gasteiger partial charge >= 0.3 is 0 Å². The van der Waals surface area contributed by atoms with Gasteiger partial charge in [0.2, 0.25) is 15.9 Å². The maximum absolute atomic E-state index is 12.2. The van der Waals surface area contributed by atoms with Gasteiger partial charge in [0.05, 0.1) is 10.6 Å². The second-order valence-electron chi connectivity index (χ2n) is 6.38. The van der Waals surface area contributed by atoms with E-state index in [0.717, 1.165) is 16.3 Å². The van der Waals surface area contributed by atoms with Crippen molar-refractivity contribution in [1.29, 1.82) is 0 Å². The second kappa shape index (κ2) is 10.4. The number of sulfonamides is 1. The molecule has 0 aliphatic carbocycles. The number of thioether (sulfide) groups is 1. The topological polar surface area (TPSA) is 113 Å². The predicted octanol–water partition coefficient (Wildman–Crippen LogP) is 3.87. The van der Waals surface area contributed by atoms with Crippen molar-refractivity contribution in [3.05, 3.63) is 78.9 Å². The van der Waals surface area contributed by atoms with E-state index in [1.807, 2.05) is 54.6 Å². The van der Waals surface area contributed by atoms with E-state index in [0.29, 0.717) is 10.8 Å². The van der Waals surface area contributed by atoms with Crippen molar-refractivity contribution in [2.45, 2.75) is 9.79 Å². The average Bonchev–Trinajstić information content (AvgIpc) is 2.73. The molecule has 0 aliphatic rings. The summed E-state index contributed by atoms with van der Waals surface area (Å²) >= 11 is 6.70. The zero-order valence-corrected chi connectivity index (χ0v) is 18.7. The predicted molar refractivity (Wildman–Crippen MR) is 130 cm³/mol. The van der Waals surface area contributed by atoms with E-state index >= 15 is 0 Å². The van der Waals surface area contributed by atoms with E-state index in [9.17, 15) is 13.2 Å². The number of anilines is 3. The normalized spacial score (nSPS) is 10.9. The first-order chi connectivity index (χ1) is 14.8. The smallest absolute Gasteiger partial charge is 0.238 e. The van der Waals surface area contributed by atoms with Gasteiger partial charge < -0.3 is 16.0 Å². The van der Waals surface area contributed by atoms with Gasteiger partial charge in [-0.2, -0.15) is 0 Å². The first-order valence-corrected chi connectivity index (χ1v) is 12.0. The van der Waals surface area contributed by atoms with Crippen LogP contribution >= 0.6 is 24.0 Å². The third kappa shape index (κ3) is 7.37. The Morgan fingerprint density at radius 1 is 0.839 bits per heavy atom. The number of thiocarbonyl (C=S) groups is 1. The number of rotatable bonds is 7. The quantitative estimate of drug-likeness (QED) is 0.305. The van der Waals surface area contributed by atoms with Crippen LogP contribution in [0.15, 0.2) is 88.7 Å². The Bertz CT molecular complexity index is 1170. The summed E-state index contributed by atoms with van der Waals surface area (Å²) in [5, 5.41) is 14.5. The Balaban J connectivity index is 1.51. The highest BCUT2D eigenvalue weighted by Gasteiger charge is 2.09. The van der Waals surface area contributed by atoms with Crippen molar-refractivity contribution in [2.75, 3.05) is 21.7 Å². The highest BCUT2D eigenvalue weighted by molar-refractivity contribution is 8.00. The summed E-state index contributed by atoms with van der Waals surface area (Å²) in [6, 6.07) is 22.8. The van der Waals surface area contributed by atoms with Gasteiger partial charge in [0, 0.05) is 22.0 Å². The van der Waals surface area contributed by atoms with E-state index in [-0.39, 0.29) is 16.6 Å². The lowest BCUT2D eigenvalue weighted by atomic mass is 10.3. The molecular weight excluding hydrogens is 452 g/mol. The summed E-state index contributed by atoms with van der Waals surface area (Å²) in [6.45, 7) is 0. The fraction of sp³-hybridized carbons (Fsp3) is 0.0476. The minimum Gasteiger partial charge on any atom is -0.332 e. The van der Waals surface area contributed by atoms with Crippen LogP contribution in [-0.4, -0.2) is 25.2 Å². The lowest BCUT2D eigenvalue weighted by molar-refractivity contribution is -0.113. The molecule has 1 amide bonds. The first-order valence-electron chi connectivity index (χ1n) is 9.08. The number of primary sulfonamides is 1. The molecule has 3 aromatic rings. The van der Waals surface area contributed by atoms with E-state index in [1.165, 1.54) is 36.0 Å². The molecule has 5 N–H and O–H groups in total. The molecule has 0 unspecified atom stereocenters. The van der Waals surface area contributed by atoms with Crippen molar-refractivity contribution >= 4 is 62.1 Å². The van der Waals surface area contributed by atoms with Crippen molar-refractivity contribution in [3.8, 4) is 0 Å². The fourth-order valence-corrected chi connectivity index (χ4v) is 4.06. The van der Waals surface area contributed by atoms with Gasteiger partial charge in [-0.15, -0.1) is 11.8 Å². The van der Waals surface area contributed by atoms with E-state index in [4.69, 9.17) is 17.4 Å². The van der Waals surface area contributed by atoms with E-state index in [2.05, 4.69) is 16.0 Å². The minimum absolute atomic E-state index is 0.0103. The SMILES string of the molecule is NS(=O)(=O)c1ccc(NC(=O)CSc2cccc(NC(=S)Nc3ccccc3)c2)cc1. The molecule has 10 heteroatoms. The van der Waals surface area contributed by atoms with Crippen LogP contribution < -0.4 is 21.1 Å². The summed E-state index contributed by atoms with van der Waals surface area (Å²) < 4.78 is 22.6. The van der Waals surface area contributed by atoms with Crippen molar-refractivity contribution < 1.29 is 13.2 Å². The number of carbonyl (C=O) groups excluding carboxylic acids is 1. The lowest BCUT2D eigenvalue weighted by Gasteiger charge is -2.11. The van der Waals surface area contributed by atoms with Crippen LogP contribution in [0.25, 0.3) is 0 Å². The lowest BCUT2D eigenvalue weighted by Crippen LogP contribution is -2.19. The maximum Gasteiger partial charge on any atom is 0.238 e. The zero-order chi connectivity index (χ0) is 22.3. The van der Waals surface area contributed by atoms with E-state index < -0.39 is 10.0 Å². The molecule has 3 rings (SSSR count). The van der Waals surface area contributed by atoms with Gasteiger partial charge in [0.15, 0.2) is 5.11 Å². The number of carbonyl (C=O) groups is 1. The molecule has 0 aromatic heterocycles. The van der Waals surface area contributed by atoms with Crippen LogP contribution in [0.3, 0.4) is 0 Å². The van der Waals surface area contributed by atoms with Gasteiger partial charge in [-0.05, 0) is 66.8 Å². The average molecular weight is 473 g/mol. The van der Waals surface area contributed by atoms with Crippen LogP contribution in [0.2, 0.25) is 0 Å². The first kappa shape index (κ1) is 22.8. The number of benzene rings is 3. The van der Waals surface area contributed by atoms with Crippen LogP contribution in [0.1, 0.15) is 0 Å². The molecule has 0 fully saturated rings. The van der Waals surface area contributed by atoms with Crippen LogP contribution in [0.5, 0.6) is 0 Å². The minimum atomic E-state index is -3.76. The number of hydrogen-bond acceptors (Lipinski definition) is 5. The van der Waals surface area contributed by atoms with E-state index in [1.54, 1.807) is 0 Å². The van der Waals surface area contributed by atoms with Gasteiger partial charge in [0.25, 0.3) is 0 Å². The third-order valence-corrected chi connectivity index (χ3v) is 6.09. The molecule has 0 bridgehead atoms. The molecule has 7 nitrogen and oxygen atoms in total. The van der Waals surface area contributed by atoms with Crippen LogP contribution in [0.4, 0.5) is 17.1 Å². The number of amides is 1. The Hall–Kier alpha value is -2.92. The molecule has 160 valence electrons. The largest absolute Gasteiger partial charge is 0.332 e. The summed E-state index contributed by atoms with van der Waals surface area (Å²) in [4.78, 5) is 13.1. The zero-order valence-electron chi connectivity index (χ0n) is 16.2. The molecule has 0 atom stereocenters. The van der Waals surface area contributed by atoms with Crippen LogP contribution in [-0.2, 0) is 14.8 Å². The monoisotopic (exact) mass is 472 g/mol. The molecular formula is C21H20N4O3S3. The second-order valence-corrected chi connectivity index (χ2v) is 9.40. The fourth-order valence-electron chi connectivity index (χ4n) is 2.55. The summed E-state index contributed by atoms with van der Waals surface area (Å²) in [7, 11) is -3.76. The third-order valence-electron chi connectivity index (χ3n) is 3.96.